The molecule has 0 radical (unpaired) electrons. The molecular weight excluding hydrogens is 440 g/mol. The number of aliphatic hydroxyl groups excluding tert-OH is 4. The van der Waals surface area contributed by atoms with E-state index in [0.717, 1.165) is 0 Å². The monoisotopic (exact) mass is 466 g/mol. The second-order valence-corrected chi connectivity index (χ2v) is 7.94. The maximum atomic E-state index is 10.6. The van der Waals surface area contributed by atoms with Crippen molar-refractivity contribution in [2.75, 3.05) is 13.7 Å². The van der Waals surface area contributed by atoms with Gasteiger partial charge < -0.3 is 54.7 Å². The highest BCUT2D eigenvalue weighted by Gasteiger charge is 2.45. The van der Waals surface area contributed by atoms with Gasteiger partial charge in [0.05, 0.1) is 13.7 Å². The Labute approximate surface area is 188 Å². The molecule has 2 aromatic rings. The molecule has 0 bridgehead atoms. The number of ether oxygens (including phenoxy) is 4. The standard InChI is InChI=1S/C22H26O11/c1-30-15-7-13(26)21(33-22-19(29)18(28)17(27)16(8-23)32-22)20-10(15)3-5-14(31-20)9-2-4-11(24)12(25)6-9/h2,4,6-7,14,16-19,22-29H,3,5,8H2,1H3. The highest BCUT2D eigenvalue weighted by Crippen LogP contribution is 2.51. The first-order valence-corrected chi connectivity index (χ1v) is 10.3. The van der Waals surface area contributed by atoms with Gasteiger partial charge >= 0.3 is 0 Å². The van der Waals surface area contributed by atoms with E-state index in [1.807, 2.05) is 0 Å². The van der Waals surface area contributed by atoms with E-state index in [1.165, 1.54) is 25.3 Å². The molecule has 1 fully saturated rings. The number of hydrogen-bond donors (Lipinski definition) is 7. The van der Waals surface area contributed by atoms with Crippen molar-refractivity contribution in [1.29, 1.82) is 0 Å². The molecular formula is C22H26O11. The molecule has 2 heterocycles. The van der Waals surface area contributed by atoms with Crippen LogP contribution in [0, 0.1) is 0 Å². The molecule has 180 valence electrons. The van der Waals surface area contributed by atoms with Crippen LogP contribution >= 0.6 is 0 Å². The number of rotatable bonds is 5. The van der Waals surface area contributed by atoms with E-state index in [9.17, 15) is 35.7 Å². The second-order valence-electron chi connectivity index (χ2n) is 7.94. The van der Waals surface area contributed by atoms with E-state index >= 15 is 0 Å². The lowest BCUT2D eigenvalue weighted by Crippen LogP contribution is -2.60. The SMILES string of the molecule is COc1cc(O)c(OC2OC(CO)C(O)C(O)C2O)c2c1CCC(c1ccc(O)c(O)c1)O2. The van der Waals surface area contributed by atoms with Gasteiger partial charge in [-0.3, -0.25) is 0 Å². The van der Waals surface area contributed by atoms with Crippen LogP contribution in [0.4, 0.5) is 0 Å². The third-order valence-electron chi connectivity index (χ3n) is 5.87. The van der Waals surface area contributed by atoms with E-state index in [2.05, 4.69) is 0 Å². The zero-order chi connectivity index (χ0) is 23.9. The number of benzene rings is 2. The molecule has 11 nitrogen and oxygen atoms in total. The van der Waals surface area contributed by atoms with E-state index < -0.39 is 49.2 Å². The Hall–Kier alpha value is -2.96. The van der Waals surface area contributed by atoms with E-state index in [1.54, 1.807) is 6.07 Å². The molecule has 0 saturated carbocycles. The van der Waals surface area contributed by atoms with Crippen molar-refractivity contribution in [3.8, 4) is 34.5 Å². The molecule has 11 heteroatoms. The first kappa shape index (κ1) is 23.2. The Bertz CT molecular complexity index is 1010. The van der Waals surface area contributed by atoms with Gasteiger partial charge in [-0.15, -0.1) is 0 Å². The highest BCUT2D eigenvalue weighted by atomic mass is 16.7. The van der Waals surface area contributed by atoms with Crippen LogP contribution in [0.2, 0.25) is 0 Å². The number of hydrogen-bond acceptors (Lipinski definition) is 11. The van der Waals surface area contributed by atoms with Gasteiger partial charge in [-0.05, 0) is 30.5 Å². The molecule has 7 N–H and O–H groups in total. The average Bonchev–Trinajstić information content (AvgIpc) is 2.82. The first-order valence-electron chi connectivity index (χ1n) is 10.3. The topological polar surface area (TPSA) is 179 Å². The van der Waals surface area contributed by atoms with Crippen molar-refractivity contribution in [2.24, 2.45) is 0 Å². The van der Waals surface area contributed by atoms with Gasteiger partial charge in [-0.1, -0.05) is 6.07 Å². The maximum absolute atomic E-state index is 10.6. The first-order chi connectivity index (χ1) is 15.7. The zero-order valence-corrected chi connectivity index (χ0v) is 17.7. The molecule has 0 amide bonds. The third kappa shape index (κ3) is 4.21. The second kappa shape index (κ2) is 9.12. The fourth-order valence-corrected chi connectivity index (χ4v) is 4.03. The lowest BCUT2D eigenvalue weighted by molar-refractivity contribution is -0.277. The van der Waals surface area contributed by atoms with Crippen LogP contribution in [0.25, 0.3) is 0 Å². The molecule has 0 aromatic heterocycles. The molecule has 1 saturated heterocycles. The minimum Gasteiger partial charge on any atom is -0.504 e. The fourth-order valence-electron chi connectivity index (χ4n) is 4.03. The van der Waals surface area contributed by atoms with Crippen molar-refractivity contribution in [2.45, 2.75) is 49.7 Å². The summed E-state index contributed by atoms with van der Waals surface area (Å²) in [5.41, 5.74) is 1.14. The van der Waals surface area contributed by atoms with Crippen LogP contribution in [0.3, 0.4) is 0 Å². The molecule has 0 aliphatic carbocycles. The Morgan fingerprint density at radius 1 is 0.970 bits per heavy atom. The Balaban J connectivity index is 1.69. The van der Waals surface area contributed by atoms with Gasteiger partial charge in [0.15, 0.2) is 23.0 Å². The van der Waals surface area contributed by atoms with Gasteiger partial charge in [0.2, 0.25) is 12.0 Å². The summed E-state index contributed by atoms with van der Waals surface area (Å²) in [5.74, 6) is -0.725. The van der Waals surface area contributed by atoms with Crippen molar-refractivity contribution < 1.29 is 54.7 Å². The lowest BCUT2D eigenvalue weighted by Gasteiger charge is -2.40. The lowest BCUT2D eigenvalue weighted by atomic mass is 9.95. The van der Waals surface area contributed by atoms with Crippen LogP contribution in [-0.4, -0.2) is 80.2 Å². The van der Waals surface area contributed by atoms with Crippen LogP contribution in [0.5, 0.6) is 34.5 Å². The summed E-state index contributed by atoms with van der Waals surface area (Å²) in [4.78, 5) is 0. The quantitative estimate of drug-likeness (QED) is 0.296. The summed E-state index contributed by atoms with van der Waals surface area (Å²) in [6.45, 7) is -0.638. The van der Waals surface area contributed by atoms with E-state index in [-0.39, 0.29) is 23.0 Å². The molecule has 6 unspecified atom stereocenters. The van der Waals surface area contributed by atoms with E-state index in [0.29, 0.717) is 29.7 Å². The molecule has 2 aliphatic heterocycles. The maximum Gasteiger partial charge on any atom is 0.229 e. The summed E-state index contributed by atoms with van der Waals surface area (Å²) in [6.07, 6.45) is -7.30. The summed E-state index contributed by atoms with van der Waals surface area (Å²) < 4.78 is 22.5. The molecule has 6 atom stereocenters. The summed E-state index contributed by atoms with van der Waals surface area (Å²) >= 11 is 0. The molecule has 4 rings (SSSR count). The Morgan fingerprint density at radius 2 is 1.73 bits per heavy atom. The number of aliphatic hydroxyl groups is 4. The van der Waals surface area contributed by atoms with Gasteiger partial charge in [0.25, 0.3) is 0 Å². The molecule has 33 heavy (non-hydrogen) atoms. The number of fused-ring (bicyclic) bond motifs is 1. The minimum absolute atomic E-state index is 0.104. The molecule has 2 aliphatic rings. The number of phenols is 3. The van der Waals surface area contributed by atoms with Gasteiger partial charge in [-0.25, -0.2) is 0 Å². The molecule has 2 aromatic carbocycles. The average molecular weight is 466 g/mol. The van der Waals surface area contributed by atoms with Crippen LogP contribution in [-0.2, 0) is 11.2 Å². The number of phenolic OH excluding ortho intramolecular Hbond substituents is 3. The summed E-state index contributed by atoms with van der Waals surface area (Å²) in [6, 6.07) is 5.60. The number of aromatic hydroxyl groups is 3. The predicted molar refractivity (Wildman–Crippen MR) is 111 cm³/mol. The highest BCUT2D eigenvalue weighted by molar-refractivity contribution is 5.62. The smallest absolute Gasteiger partial charge is 0.229 e. The Kier molecular flexibility index (Phi) is 6.41. The van der Waals surface area contributed by atoms with Crippen molar-refractivity contribution in [3.63, 3.8) is 0 Å². The van der Waals surface area contributed by atoms with Crippen LogP contribution in [0.1, 0.15) is 23.7 Å². The molecule has 0 spiro atoms. The predicted octanol–water partition coefficient (Wildman–Crippen LogP) is 0.0570. The third-order valence-corrected chi connectivity index (χ3v) is 5.87. The van der Waals surface area contributed by atoms with Crippen LogP contribution in [0.15, 0.2) is 24.3 Å². The van der Waals surface area contributed by atoms with Gasteiger partial charge in [-0.2, -0.15) is 0 Å². The fraction of sp³-hybridized carbons (Fsp3) is 0.455. The zero-order valence-electron chi connectivity index (χ0n) is 17.7. The van der Waals surface area contributed by atoms with E-state index in [4.69, 9.17) is 18.9 Å². The minimum atomic E-state index is -1.69. The van der Waals surface area contributed by atoms with Crippen molar-refractivity contribution in [3.05, 3.63) is 35.4 Å². The summed E-state index contributed by atoms with van der Waals surface area (Å²) in [7, 11) is 1.43. The normalized spacial score (nSPS) is 29.1. The largest absolute Gasteiger partial charge is 0.504 e. The number of methoxy groups -OCH3 is 1. The van der Waals surface area contributed by atoms with Crippen molar-refractivity contribution >= 4 is 0 Å². The summed E-state index contributed by atoms with van der Waals surface area (Å²) in [5, 5.41) is 69.8. The van der Waals surface area contributed by atoms with Crippen LogP contribution < -0.4 is 14.2 Å². The van der Waals surface area contributed by atoms with Crippen molar-refractivity contribution in [1.82, 2.24) is 0 Å². The van der Waals surface area contributed by atoms with Gasteiger partial charge in [0, 0.05) is 11.6 Å². The Morgan fingerprint density at radius 3 is 2.39 bits per heavy atom. The van der Waals surface area contributed by atoms with Gasteiger partial charge in [0.1, 0.15) is 36.3 Å².